The van der Waals surface area contributed by atoms with Crippen LogP contribution in [0.15, 0.2) is 12.2 Å². The van der Waals surface area contributed by atoms with Crippen LogP contribution in [0.4, 0.5) is 0 Å². The van der Waals surface area contributed by atoms with Gasteiger partial charge in [-0.1, -0.05) is 6.58 Å². The first-order chi connectivity index (χ1) is 5.00. The quantitative estimate of drug-likeness (QED) is 0.264. The molecular formula is C6H9NO4. The topological polar surface area (TPSA) is 101 Å². The molecule has 0 unspecified atom stereocenters. The Morgan fingerprint density at radius 3 is 2.27 bits per heavy atom. The van der Waals surface area contributed by atoms with Crippen molar-refractivity contribution >= 4 is 11.8 Å². The van der Waals surface area contributed by atoms with Crippen LogP contribution in [0.3, 0.4) is 0 Å². The number of carbonyl (C=O) groups is 2. The van der Waals surface area contributed by atoms with Crippen molar-refractivity contribution in [3.8, 4) is 0 Å². The molecule has 5 nitrogen and oxygen atoms in total. The number of hydrogen-bond donors (Lipinski definition) is 3. The van der Waals surface area contributed by atoms with Crippen molar-refractivity contribution in [2.45, 2.75) is 6.04 Å². The molecule has 0 aromatic carbocycles. The minimum absolute atomic E-state index is 0.578. The molecule has 0 aliphatic heterocycles. The molecule has 4 N–H and O–H groups in total. The molecule has 0 heterocycles. The number of carboxylic acids is 1. The van der Waals surface area contributed by atoms with Crippen molar-refractivity contribution in [1.29, 1.82) is 0 Å². The molecule has 62 valence electrons. The lowest BCUT2D eigenvalue weighted by molar-refractivity contribution is -0.134. The molecule has 1 atom stereocenters. The van der Waals surface area contributed by atoms with Crippen LogP contribution in [0.25, 0.3) is 0 Å². The molecule has 0 saturated carbocycles. The van der Waals surface area contributed by atoms with Gasteiger partial charge in [-0.25, -0.2) is 4.79 Å². The van der Waals surface area contributed by atoms with Gasteiger partial charge in [0.1, 0.15) is 0 Å². The Balaban J connectivity index is 4.26. The smallest absolute Gasteiger partial charge is 0.338 e. The van der Waals surface area contributed by atoms with Crippen LogP contribution in [0, 0.1) is 0 Å². The van der Waals surface area contributed by atoms with Crippen LogP contribution in [0.1, 0.15) is 0 Å². The lowest BCUT2D eigenvalue weighted by Crippen LogP contribution is -2.36. The fourth-order valence-electron chi connectivity index (χ4n) is 0.412. The number of hydrogen-bond acceptors (Lipinski definition) is 4. The maximum Gasteiger partial charge on any atom is 0.338 e. The molecule has 0 radical (unpaired) electrons. The summed E-state index contributed by atoms with van der Waals surface area (Å²) in [6, 6.07) is -1.18. The van der Waals surface area contributed by atoms with Crippen molar-refractivity contribution in [2.24, 2.45) is 5.73 Å². The molecule has 0 saturated heterocycles. The van der Waals surface area contributed by atoms with Crippen LogP contribution in [0.5, 0.6) is 0 Å². The summed E-state index contributed by atoms with van der Waals surface area (Å²) in [5.74, 6) is -2.26. The van der Waals surface area contributed by atoms with E-state index in [1.165, 1.54) is 0 Å². The van der Waals surface area contributed by atoms with Gasteiger partial charge in [-0.15, -0.1) is 0 Å². The first kappa shape index (κ1) is 9.80. The van der Waals surface area contributed by atoms with Crippen LogP contribution in [-0.2, 0) is 9.59 Å². The molecule has 0 amide bonds. The minimum Gasteiger partial charge on any atom is -0.478 e. The summed E-state index contributed by atoms with van der Waals surface area (Å²) in [7, 11) is 0. The third-order valence-corrected chi connectivity index (χ3v) is 1.09. The zero-order valence-corrected chi connectivity index (χ0v) is 5.78. The fourth-order valence-corrected chi connectivity index (χ4v) is 0.412. The van der Waals surface area contributed by atoms with Gasteiger partial charge >= 0.3 is 5.97 Å². The van der Waals surface area contributed by atoms with Crippen molar-refractivity contribution in [3.05, 3.63) is 12.2 Å². The van der Waals surface area contributed by atoms with Gasteiger partial charge in [-0.3, -0.25) is 4.79 Å². The molecule has 0 bridgehead atoms. The highest BCUT2D eigenvalue weighted by molar-refractivity contribution is 6.18. The van der Waals surface area contributed by atoms with E-state index in [0.29, 0.717) is 0 Å². The van der Waals surface area contributed by atoms with Crippen LogP contribution in [-0.4, -0.2) is 34.6 Å². The maximum absolute atomic E-state index is 10.8. The van der Waals surface area contributed by atoms with E-state index in [2.05, 4.69) is 6.58 Å². The second kappa shape index (κ2) is 3.85. The summed E-state index contributed by atoms with van der Waals surface area (Å²) in [5.41, 5.74) is 4.43. The fraction of sp³-hybridized carbons (Fsp3) is 0.333. The normalized spacial score (nSPS) is 12.2. The summed E-state index contributed by atoms with van der Waals surface area (Å²) >= 11 is 0. The highest BCUT2D eigenvalue weighted by Crippen LogP contribution is 1.95. The van der Waals surface area contributed by atoms with Gasteiger partial charge in [0.2, 0.25) is 0 Å². The number of rotatable bonds is 4. The highest BCUT2D eigenvalue weighted by atomic mass is 16.4. The molecule has 0 aromatic heterocycles. The Morgan fingerprint density at radius 1 is 1.55 bits per heavy atom. The zero-order valence-electron chi connectivity index (χ0n) is 5.78. The monoisotopic (exact) mass is 159 g/mol. The summed E-state index contributed by atoms with van der Waals surface area (Å²) in [5, 5.41) is 16.6. The number of carboxylic acid groups (broad SMARTS) is 1. The van der Waals surface area contributed by atoms with E-state index in [1.54, 1.807) is 0 Å². The van der Waals surface area contributed by atoms with Gasteiger partial charge in [0.15, 0.2) is 5.78 Å². The molecule has 0 fully saturated rings. The molecule has 0 aliphatic carbocycles. The van der Waals surface area contributed by atoms with Gasteiger partial charge in [0, 0.05) is 0 Å². The number of nitrogens with two attached hydrogens (primary N) is 1. The number of aliphatic carboxylic acids is 1. The van der Waals surface area contributed by atoms with E-state index >= 15 is 0 Å². The van der Waals surface area contributed by atoms with Crippen LogP contribution >= 0.6 is 0 Å². The van der Waals surface area contributed by atoms with Gasteiger partial charge in [-0.2, -0.15) is 0 Å². The second-order valence-corrected chi connectivity index (χ2v) is 1.94. The molecule has 0 spiro atoms. The van der Waals surface area contributed by atoms with Crippen molar-refractivity contribution in [3.63, 3.8) is 0 Å². The van der Waals surface area contributed by atoms with Gasteiger partial charge in [0.25, 0.3) is 0 Å². The SMILES string of the molecule is C=C(C(=O)O)C(=O)[C@@H](N)CO. The van der Waals surface area contributed by atoms with Crippen molar-refractivity contribution < 1.29 is 19.8 Å². The lowest BCUT2D eigenvalue weighted by Gasteiger charge is -2.04. The van der Waals surface area contributed by atoms with Gasteiger partial charge < -0.3 is 15.9 Å². The summed E-state index contributed by atoms with van der Waals surface area (Å²) in [6.07, 6.45) is 0. The number of aliphatic hydroxyl groups is 1. The Bertz CT molecular complexity index is 199. The first-order valence-corrected chi connectivity index (χ1v) is 2.83. The van der Waals surface area contributed by atoms with E-state index < -0.39 is 30.0 Å². The zero-order chi connectivity index (χ0) is 9.02. The van der Waals surface area contributed by atoms with E-state index in [9.17, 15) is 9.59 Å². The highest BCUT2D eigenvalue weighted by Gasteiger charge is 2.20. The molecule has 0 rings (SSSR count). The Morgan fingerprint density at radius 2 is 2.00 bits per heavy atom. The first-order valence-electron chi connectivity index (χ1n) is 2.83. The Hall–Kier alpha value is -1.20. The number of aliphatic hydroxyl groups excluding tert-OH is 1. The maximum atomic E-state index is 10.8. The third kappa shape index (κ3) is 2.48. The van der Waals surface area contributed by atoms with E-state index in [1.807, 2.05) is 0 Å². The summed E-state index contributed by atoms with van der Waals surface area (Å²) in [6.45, 7) is 2.40. The number of Topliss-reactive ketones (excluding diaryl/α,β-unsaturated/α-hetero) is 1. The van der Waals surface area contributed by atoms with E-state index in [0.717, 1.165) is 0 Å². The molecule has 0 aromatic rings. The lowest BCUT2D eigenvalue weighted by atomic mass is 10.1. The second-order valence-electron chi connectivity index (χ2n) is 1.94. The molecule has 11 heavy (non-hydrogen) atoms. The Labute approximate surface area is 63.1 Å². The standard InChI is InChI=1S/C6H9NO4/c1-3(6(10)11)5(9)4(7)2-8/h4,8H,1-2,7H2,(H,10,11)/t4-/m0/s1. The number of ketones is 1. The molecule has 5 heteroatoms. The van der Waals surface area contributed by atoms with Gasteiger partial charge in [-0.05, 0) is 0 Å². The third-order valence-electron chi connectivity index (χ3n) is 1.09. The number of carbonyl (C=O) groups excluding carboxylic acids is 1. The average Bonchev–Trinajstić information content (AvgIpc) is 2.00. The molecule has 0 aliphatic rings. The molecular weight excluding hydrogens is 150 g/mol. The van der Waals surface area contributed by atoms with E-state index in [4.69, 9.17) is 15.9 Å². The van der Waals surface area contributed by atoms with Crippen molar-refractivity contribution in [2.75, 3.05) is 6.61 Å². The van der Waals surface area contributed by atoms with Crippen molar-refractivity contribution in [1.82, 2.24) is 0 Å². The van der Waals surface area contributed by atoms with Crippen LogP contribution < -0.4 is 5.73 Å². The Kier molecular flexibility index (Phi) is 3.43. The van der Waals surface area contributed by atoms with Gasteiger partial charge in [0.05, 0.1) is 18.2 Å². The summed E-state index contributed by atoms with van der Waals surface area (Å²) < 4.78 is 0. The largest absolute Gasteiger partial charge is 0.478 e. The minimum atomic E-state index is -1.42. The predicted octanol–water partition coefficient (Wildman–Crippen LogP) is -1.48. The average molecular weight is 159 g/mol. The van der Waals surface area contributed by atoms with E-state index in [-0.39, 0.29) is 0 Å². The predicted molar refractivity (Wildman–Crippen MR) is 36.8 cm³/mol. The van der Waals surface area contributed by atoms with Crippen LogP contribution in [0.2, 0.25) is 0 Å². The summed E-state index contributed by atoms with van der Waals surface area (Å²) in [4.78, 5) is 20.9.